The number of pyridine rings is 1. The highest BCUT2D eigenvalue weighted by Gasteiger charge is 2.19. The van der Waals surface area contributed by atoms with Gasteiger partial charge in [-0.15, -0.1) is 0 Å². The zero-order valence-electron chi connectivity index (χ0n) is 17.8. The van der Waals surface area contributed by atoms with E-state index in [1.807, 2.05) is 62.4 Å². The third kappa shape index (κ3) is 4.46. The number of aromatic nitrogens is 3. The van der Waals surface area contributed by atoms with Crippen LogP contribution in [0.3, 0.4) is 0 Å². The van der Waals surface area contributed by atoms with Crippen LogP contribution in [0.2, 0.25) is 0 Å². The molecule has 0 aliphatic carbocycles. The number of fused-ring (bicyclic) bond motifs is 1. The molecule has 0 radical (unpaired) electrons. The van der Waals surface area contributed by atoms with Crippen molar-refractivity contribution in [2.24, 2.45) is 0 Å². The van der Waals surface area contributed by atoms with Gasteiger partial charge in [-0.05, 0) is 69.2 Å². The zero-order chi connectivity index (χ0) is 22.1. The number of nitrogens with zero attached hydrogens (tertiary/aromatic N) is 3. The molecule has 2 heterocycles. The van der Waals surface area contributed by atoms with Gasteiger partial charge in [0.25, 0.3) is 5.91 Å². The highest BCUT2D eigenvalue weighted by atomic mass is 79.9. The molecule has 7 heteroatoms. The summed E-state index contributed by atoms with van der Waals surface area (Å²) in [6.07, 6.45) is -0.682. The molecule has 1 atom stereocenters. The van der Waals surface area contributed by atoms with Crippen molar-refractivity contribution in [3.05, 3.63) is 75.9 Å². The Bertz CT molecular complexity index is 1260. The molecule has 2 aromatic carbocycles. The zero-order valence-corrected chi connectivity index (χ0v) is 19.4. The second-order valence-corrected chi connectivity index (χ2v) is 8.47. The SMILES string of the molecule is Cc1cc(NC(=O)C(C)Oc2ccc(Br)cc2)n(-c2cc(C)c3cccc(C)c3n2)n1. The maximum atomic E-state index is 12.8. The van der Waals surface area contributed by atoms with E-state index in [0.29, 0.717) is 17.4 Å². The molecule has 1 unspecified atom stereocenters. The second-order valence-electron chi connectivity index (χ2n) is 7.55. The molecule has 6 nitrogen and oxygen atoms in total. The number of hydrogen-bond donors (Lipinski definition) is 1. The Morgan fingerprint density at radius 2 is 1.81 bits per heavy atom. The van der Waals surface area contributed by atoms with Gasteiger partial charge in [-0.2, -0.15) is 9.78 Å². The average molecular weight is 479 g/mol. The number of para-hydroxylation sites is 1. The number of benzene rings is 2. The van der Waals surface area contributed by atoms with Gasteiger partial charge in [-0.3, -0.25) is 4.79 Å². The molecule has 0 fully saturated rings. The molecule has 0 aliphatic rings. The fourth-order valence-corrected chi connectivity index (χ4v) is 3.68. The minimum atomic E-state index is -0.682. The van der Waals surface area contributed by atoms with E-state index in [2.05, 4.69) is 39.3 Å². The van der Waals surface area contributed by atoms with Crippen molar-refractivity contribution in [1.29, 1.82) is 0 Å². The molecule has 1 amide bonds. The predicted molar refractivity (Wildman–Crippen MR) is 126 cm³/mol. The monoisotopic (exact) mass is 478 g/mol. The normalized spacial score (nSPS) is 12.0. The van der Waals surface area contributed by atoms with E-state index in [9.17, 15) is 4.79 Å². The Morgan fingerprint density at radius 3 is 2.55 bits per heavy atom. The summed E-state index contributed by atoms with van der Waals surface area (Å²) in [5.41, 5.74) is 3.89. The minimum Gasteiger partial charge on any atom is -0.481 e. The second kappa shape index (κ2) is 8.51. The quantitative estimate of drug-likeness (QED) is 0.410. The molecule has 1 N–H and O–H groups in total. The summed E-state index contributed by atoms with van der Waals surface area (Å²) in [7, 11) is 0. The lowest BCUT2D eigenvalue weighted by Crippen LogP contribution is -2.31. The summed E-state index contributed by atoms with van der Waals surface area (Å²) in [6, 6.07) is 17.3. The van der Waals surface area contributed by atoms with Crippen LogP contribution >= 0.6 is 15.9 Å². The van der Waals surface area contributed by atoms with E-state index in [4.69, 9.17) is 9.72 Å². The van der Waals surface area contributed by atoms with E-state index in [1.165, 1.54) is 0 Å². The van der Waals surface area contributed by atoms with Crippen LogP contribution in [0.1, 0.15) is 23.7 Å². The van der Waals surface area contributed by atoms with Crippen molar-refractivity contribution in [3.8, 4) is 11.6 Å². The number of ether oxygens (including phenoxy) is 1. The van der Waals surface area contributed by atoms with Gasteiger partial charge < -0.3 is 10.1 Å². The fraction of sp³-hybridized carbons (Fsp3) is 0.208. The number of hydrogen-bond acceptors (Lipinski definition) is 4. The number of anilines is 1. The van der Waals surface area contributed by atoms with Crippen LogP contribution < -0.4 is 10.1 Å². The van der Waals surface area contributed by atoms with E-state index < -0.39 is 6.10 Å². The minimum absolute atomic E-state index is 0.266. The molecule has 0 spiro atoms. The third-order valence-corrected chi connectivity index (χ3v) is 5.56. The van der Waals surface area contributed by atoms with E-state index in [0.717, 1.165) is 32.2 Å². The molecule has 0 bridgehead atoms. The van der Waals surface area contributed by atoms with Gasteiger partial charge in [-0.25, -0.2) is 4.98 Å². The van der Waals surface area contributed by atoms with Gasteiger partial charge in [0.1, 0.15) is 11.6 Å². The topological polar surface area (TPSA) is 69.0 Å². The summed E-state index contributed by atoms with van der Waals surface area (Å²) >= 11 is 3.39. The Hall–Kier alpha value is -3.19. The van der Waals surface area contributed by atoms with Gasteiger partial charge in [0, 0.05) is 15.9 Å². The van der Waals surface area contributed by atoms with Crippen molar-refractivity contribution in [2.75, 3.05) is 5.32 Å². The standard InChI is InChI=1S/C24H23BrN4O2/c1-14-6-5-7-20-15(2)12-21(26-23(14)20)29-22(13-16(3)28-29)27-24(30)17(4)31-19-10-8-18(25)9-11-19/h5-13,17H,1-4H3,(H,27,30). The smallest absolute Gasteiger partial charge is 0.266 e. The van der Waals surface area contributed by atoms with Crippen molar-refractivity contribution in [3.63, 3.8) is 0 Å². The van der Waals surface area contributed by atoms with E-state index in [-0.39, 0.29) is 5.91 Å². The lowest BCUT2D eigenvalue weighted by Gasteiger charge is -2.16. The number of carbonyl (C=O) groups excluding carboxylic acids is 1. The van der Waals surface area contributed by atoms with Crippen LogP contribution in [0, 0.1) is 20.8 Å². The first-order chi connectivity index (χ1) is 14.8. The number of halogens is 1. The highest BCUT2D eigenvalue weighted by Crippen LogP contribution is 2.25. The van der Waals surface area contributed by atoms with E-state index >= 15 is 0 Å². The van der Waals surface area contributed by atoms with Gasteiger partial charge in [0.05, 0.1) is 11.2 Å². The van der Waals surface area contributed by atoms with Crippen molar-refractivity contribution in [1.82, 2.24) is 14.8 Å². The predicted octanol–water partition coefficient (Wildman–Crippen LogP) is 5.51. The molecule has 2 aromatic heterocycles. The van der Waals surface area contributed by atoms with Crippen LogP contribution in [-0.4, -0.2) is 26.8 Å². The molecule has 0 aliphatic heterocycles. The maximum absolute atomic E-state index is 12.8. The number of aryl methyl sites for hydroxylation is 3. The molecule has 0 saturated heterocycles. The average Bonchev–Trinajstić information content (AvgIpc) is 3.10. The van der Waals surface area contributed by atoms with Crippen molar-refractivity contribution >= 4 is 38.6 Å². The number of rotatable bonds is 5. The maximum Gasteiger partial charge on any atom is 0.266 e. The summed E-state index contributed by atoms with van der Waals surface area (Å²) in [5, 5.41) is 8.59. The van der Waals surface area contributed by atoms with Crippen molar-refractivity contribution in [2.45, 2.75) is 33.8 Å². The fourth-order valence-electron chi connectivity index (χ4n) is 3.41. The van der Waals surface area contributed by atoms with Crippen LogP contribution in [-0.2, 0) is 4.79 Å². The molecule has 0 saturated carbocycles. The van der Waals surface area contributed by atoms with Crippen LogP contribution in [0.5, 0.6) is 5.75 Å². The lowest BCUT2D eigenvalue weighted by atomic mass is 10.1. The summed E-state index contributed by atoms with van der Waals surface area (Å²) in [4.78, 5) is 17.6. The van der Waals surface area contributed by atoms with E-state index in [1.54, 1.807) is 11.6 Å². The first-order valence-corrected chi connectivity index (χ1v) is 10.8. The molecule has 31 heavy (non-hydrogen) atoms. The first-order valence-electron chi connectivity index (χ1n) is 9.99. The number of carbonyl (C=O) groups is 1. The molecule has 4 aromatic rings. The summed E-state index contributed by atoms with van der Waals surface area (Å²) in [6.45, 7) is 7.69. The van der Waals surface area contributed by atoms with Gasteiger partial charge in [-0.1, -0.05) is 34.1 Å². The Kier molecular flexibility index (Phi) is 5.78. The lowest BCUT2D eigenvalue weighted by molar-refractivity contribution is -0.122. The first kappa shape index (κ1) is 21.1. The van der Waals surface area contributed by atoms with Crippen LogP contribution in [0.4, 0.5) is 5.82 Å². The van der Waals surface area contributed by atoms with Gasteiger partial charge >= 0.3 is 0 Å². The largest absolute Gasteiger partial charge is 0.481 e. The number of amides is 1. The summed E-state index contributed by atoms with van der Waals surface area (Å²) < 4.78 is 8.38. The molecule has 4 rings (SSSR count). The summed E-state index contributed by atoms with van der Waals surface area (Å²) in [5.74, 6) is 1.56. The highest BCUT2D eigenvalue weighted by molar-refractivity contribution is 9.10. The van der Waals surface area contributed by atoms with Crippen LogP contribution in [0.15, 0.2) is 59.1 Å². The molecular weight excluding hydrogens is 456 g/mol. The van der Waals surface area contributed by atoms with Crippen molar-refractivity contribution < 1.29 is 9.53 Å². The Morgan fingerprint density at radius 1 is 1.06 bits per heavy atom. The van der Waals surface area contributed by atoms with Gasteiger partial charge in [0.2, 0.25) is 0 Å². The van der Waals surface area contributed by atoms with Gasteiger partial charge in [0.15, 0.2) is 11.9 Å². The van der Waals surface area contributed by atoms with Crippen LogP contribution in [0.25, 0.3) is 16.7 Å². The Labute approximate surface area is 189 Å². The Balaban J connectivity index is 1.62. The molecule has 158 valence electrons. The number of nitrogens with one attached hydrogen (secondary N) is 1. The third-order valence-electron chi connectivity index (χ3n) is 5.03. The molecular formula is C24H23BrN4O2.